The predicted molar refractivity (Wildman–Crippen MR) is 115 cm³/mol. The van der Waals surface area contributed by atoms with E-state index in [1.54, 1.807) is 31.6 Å². The normalized spacial score (nSPS) is 11.0. The molecule has 1 N–H and O–H groups in total. The third kappa shape index (κ3) is 4.20. The van der Waals surface area contributed by atoms with E-state index in [1.165, 1.54) is 11.5 Å². The maximum atomic E-state index is 12.8. The largest absolute Gasteiger partial charge is 0.496 e. The molecule has 0 aliphatic carbocycles. The summed E-state index contributed by atoms with van der Waals surface area (Å²) in [5.74, 6) is 0.909. The van der Waals surface area contributed by atoms with Gasteiger partial charge in [-0.25, -0.2) is 9.78 Å². The standard InChI is InChI=1S/C22H22N4O5/c1-14(27)30-11-3-4-12-31-19-8-10-24-21-20(19)26(22(28)25-21)15-5-6-17-16(13-15)18(29-2)7-9-23-17/h5-10,13H,3-4,11-12H2,1-2H3,(H,24,25,28). The van der Waals surface area contributed by atoms with Gasteiger partial charge in [0.1, 0.15) is 17.0 Å². The number of pyridine rings is 2. The highest BCUT2D eigenvalue weighted by molar-refractivity contribution is 5.88. The van der Waals surface area contributed by atoms with Crippen molar-refractivity contribution in [2.45, 2.75) is 19.8 Å². The van der Waals surface area contributed by atoms with Gasteiger partial charge in [0.15, 0.2) is 5.65 Å². The second-order valence-corrected chi connectivity index (χ2v) is 6.88. The number of esters is 1. The number of aromatic amines is 1. The number of carbonyl (C=O) groups is 1. The fourth-order valence-corrected chi connectivity index (χ4v) is 3.39. The van der Waals surface area contributed by atoms with E-state index >= 15 is 0 Å². The van der Waals surface area contributed by atoms with Crippen molar-refractivity contribution in [1.82, 2.24) is 19.5 Å². The number of unbranched alkanes of at least 4 members (excludes halogenated alkanes) is 1. The van der Waals surface area contributed by atoms with Gasteiger partial charge < -0.3 is 14.2 Å². The molecule has 9 nitrogen and oxygen atoms in total. The monoisotopic (exact) mass is 422 g/mol. The minimum Gasteiger partial charge on any atom is -0.496 e. The van der Waals surface area contributed by atoms with Gasteiger partial charge in [0.25, 0.3) is 0 Å². The number of fused-ring (bicyclic) bond motifs is 2. The van der Waals surface area contributed by atoms with E-state index in [0.29, 0.717) is 54.4 Å². The summed E-state index contributed by atoms with van der Waals surface area (Å²) in [6.07, 6.45) is 4.65. The van der Waals surface area contributed by atoms with E-state index < -0.39 is 0 Å². The maximum absolute atomic E-state index is 12.8. The number of nitrogens with one attached hydrogen (secondary N) is 1. The second-order valence-electron chi connectivity index (χ2n) is 6.88. The van der Waals surface area contributed by atoms with E-state index in [1.807, 2.05) is 18.2 Å². The Morgan fingerprint density at radius 1 is 1.06 bits per heavy atom. The minimum absolute atomic E-state index is 0.296. The van der Waals surface area contributed by atoms with Crippen molar-refractivity contribution < 1.29 is 19.0 Å². The molecular weight excluding hydrogens is 400 g/mol. The second kappa shape index (κ2) is 8.86. The van der Waals surface area contributed by atoms with Gasteiger partial charge in [-0.3, -0.25) is 19.3 Å². The molecule has 160 valence electrons. The smallest absolute Gasteiger partial charge is 0.332 e. The predicted octanol–water partition coefficient (Wildman–Crippen LogP) is 2.99. The molecule has 9 heteroatoms. The number of aromatic nitrogens is 4. The molecule has 3 aromatic heterocycles. The Kier molecular flexibility index (Phi) is 5.83. The summed E-state index contributed by atoms with van der Waals surface area (Å²) >= 11 is 0. The molecule has 0 aliphatic rings. The van der Waals surface area contributed by atoms with Crippen molar-refractivity contribution in [2.24, 2.45) is 0 Å². The number of imidazole rings is 1. The van der Waals surface area contributed by atoms with Gasteiger partial charge in [0.2, 0.25) is 0 Å². The molecule has 0 saturated heterocycles. The first-order chi connectivity index (χ1) is 15.1. The van der Waals surface area contributed by atoms with Crippen LogP contribution in [0.2, 0.25) is 0 Å². The van der Waals surface area contributed by atoms with Crippen LogP contribution in [0, 0.1) is 0 Å². The first-order valence-electron chi connectivity index (χ1n) is 9.87. The van der Waals surface area contributed by atoms with Crippen LogP contribution < -0.4 is 15.2 Å². The fraction of sp³-hybridized carbons (Fsp3) is 0.273. The Balaban J connectivity index is 1.67. The van der Waals surface area contributed by atoms with E-state index in [0.717, 1.165) is 10.9 Å². The zero-order valence-corrected chi connectivity index (χ0v) is 17.3. The van der Waals surface area contributed by atoms with Crippen molar-refractivity contribution in [3.8, 4) is 17.2 Å². The number of methoxy groups -OCH3 is 1. The summed E-state index contributed by atoms with van der Waals surface area (Å²) < 4.78 is 17.8. The van der Waals surface area contributed by atoms with E-state index in [4.69, 9.17) is 14.2 Å². The number of H-pyrrole nitrogens is 1. The lowest BCUT2D eigenvalue weighted by Gasteiger charge is -2.11. The van der Waals surface area contributed by atoms with Crippen LogP contribution in [-0.4, -0.2) is 45.8 Å². The van der Waals surface area contributed by atoms with Gasteiger partial charge in [-0.2, -0.15) is 0 Å². The molecule has 0 fully saturated rings. The van der Waals surface area contributed by atoms with Crippen LogP contribution in [0.15, 0.2) is 47.5 Å². The van der Waals surface area contributed by atoms with Crippen molar-refractivity contribution >= 4 is 28.0 Å². The van der Waals surface area contributed by atoms with Gasteiger partial charge in [-0.05, 0) is 37.1 Å². The number of rotatable bonds is 8. The van der Waals surface area contributed by atoms with Crippen LogP contribution in [0.5, 0.6) is 11.5 Å². The van der Waals surface area contributed by atoms with Crippen molar-refractivity contribution in [2.75, 3.05) is 20.3 Å². The summed E-state index contributed by atoms with van der Waals surface area (Å²) in [6.45, 7) is 2.15. The topological polar surface area (TPSA) is 108 Å². The average molecular weight is 422 g/mol. The van der Waals surface area contributed by atoms with Gasteiger partial charge in [-0.15, -0.1) is 0 Å². The van der Waals surface area contributed by atoms with Gasteiger partial charge in [0.05, 0.1) is 31.5 Å². The van der Waals surface area contributed by atoms with E-state index in [2.05, 4.69) is 15.0 Å². The average Bonchev–Trinajstić information content (AvgIpc) is 3.11. The van der Waals surface area contributed by atoms with Crippen LogP contribution in [0.3, 0.4) is 0 Å². The Hall–Kier alpha value is -3.88. The summed E-state index contributed by atoms with van der Waals surface area (Å²) in [4.78, 5) is 35.0. The van der Waals surface area contributed by atoms with Crippen LogP contribution in [0.4, 0.5) is 0 Å². The van der Waals surface area contributed by atoms with Crippen LogP contribution in [0.25, 0.3) is 27.8 Å². The fourth-order valence-electron chi connectivity index (χ4n) is 3.39. The number of carbonyl (C=O) groups excluding carboxylic acids is 1. The number of hydrogen-bond donors (Lipinski definition) is 1. The van der Waals surface area contributed by atoms with E-state index in [9.17, 15) is 9.59 Å². The molecule has 0 bridgehead atoms. The summed E-state index contributed by atoms with van der Waals surface area (Å²) in [7, 11) is 1.59. The van der Waals surface area contributed by atoms with Gasteiger partial charge in [0, 0.05) is 30.8 Å². The first kappa shape index (κ1) is 20.4. The Labute approximate surface area is 177 Å². The Morgan fingerprint density at radius 2 is 1.84 bits per heavy atom. The van der Waals surface area contributed by atoms with E-state index in [-0.39, 0.29) is 11.7 Å². The highest BCUT2D eigenvalue weighted by Gasteiger charge is 2.16. The highest BCUT2D eigenvalue weighted by atomic mass is 16.5. The zero-order valence-electron chi connectivity index (χ0n) is 17.3. The third-order valence-corrected chi connectivity index (χ3v) is 4.80. The first-order valence-corrected chi connectivity index (χ1v) is 9.87. The van der Waals surface area contributed by atoms with Gasteiger partial charge in [-0.1, -0.05) is 0 Å². The van der Waals surface area contributed by atoms with Crippen LogP contribution >= 0.6 is 0 Å². The molecule has 31 heavy (non-hydrogen) atoms. The molecule has 4 aromatic rings. The van der Waals surface area contributed by atoms with Gasteiger partial charge >= 0.3 is 11.7 Å². The lowest BCUT2D eigenvalue weighted by atomic mass is 10.2. The Morgan fingerprint density at radius 3 is 2.65 bits per heavy atom. The quantitative estimate of drug-likeness (QED) is 0.343. The molecular formula is C22H22N4O5. The molecule has 0 unspecified atom stereocenters. The lowest BCUT2D eigenvalue weighted by molar-refractivity contribution is -0.141. The van der Waals surface area contributed by atoms with Crippen molar-refractivity contribution in [3.63, 3.8) is 0 Å². The SMILES string of the molecule is COc1ccnc2ccc(-n3c(=O)[nH]c4nccc(OCCCCOC(C)=O)c43)cc12. The van der Waals surface area contributed by atoms with Crippen molar-refractivity contribution in [1.29, 1.82) is 0 Å². The number of ether oxygens (including phenoxy) is 3. The number of nitrogens with zero attached hydrogens (tertiary/aromatic N) is 3. The Bertz CT molecular complexity index is 1290. The molecule has 0 spiro atoms. The number of hydrogen-bond acceptors (Lipinski definition) is 7. The lowest BCUT2D eigenvalue weighted by Crippen LogP contribution is -2.15. The highest BCUT2D eigenvalue weighted by Crippen LogP contribution is 2.29. The molecule has 4 rings (SSSR count). The molecule has 0 saturated carbocycles. The van der Waals surface area contributed by atoms with Crippen molar-refractivity contribution in [3.05, 3.63) is 53.2 Å². The number of benzene rings is 1. The zero-order chi connectivity index (χ0) is 21.8. The minimum atomic E-state index is -0.324. The summed E-state index contributed by atoms with van der Waals surface area (Å²) in [5, 5.41) is 0.792. The molecule has 0 radical (unpaired) electrons. The molecule has 3 heterocycles. The molecule has 0 aliphatic heterocycles. The maximum Gasteiger partial charge on any atom is 0.332 e. The summed E-state index contributed by atoms with van der Waals surface area (Å²) in [5.41, 5.74) is 2.06. The molecule has 0 amide bonds. The molecule has 0 atom stereocenters. The third-order valence-electron chi connectivity index (χ3n) is 4.80. The molecule has 1 aromatic carbocycles. The van der Waals surface area contributed by atoms with Crippen LogP contribution in [0.1, 0.15) is 19.8 Å². The van der Waals surface area contributed by atoms with Crippen LogP contribution in [-0.2, 0) is 9.53 Å². The summed E-state index contributed by atoms with van der Waals surface area (Å²) in [6, 6.07) is 9.01.